The maximum Gasteiger partial charge on any atom is 0.354 e. The molecule has 5 rings (SSSR count). The van der Waals surface area contributed by atoms with Crippen molar-refractivity contribution < 1.29 is 9.90 Å². The van der Waals surface area contributed by atoms with Crippen molar-refractivity contribution in [1.29, 1.82) is 5.26 Å². The normalized spacial score (nSPS) is 18.1. The first-order valence-corrected chi connectivity index (χ1v) is 11.7. The Hall–Kier alpha value is -3.59. The van der Waals surface area contributed by atoms with Gasteiger partial charge in [-0.3, -0.25) is 0 Å². The molecule has 1 atom stereocenters. The number of pyridine rings is 1. The van der Waals surface area contributed by atoms with Crippen molar-refractivity contribution in [3.05, 3.63) is 65.0 Å². The molecule has 1 N–H and O–H groups in total. The second-order valence-electron chi connectivity index (χ2n) is 9.20. The van der Waals surface area contributed by atoms with E-state index in [-0.39, 0.29) is 5.69 Å². The van der Waals surface area contributed by atoms with E-state index in [0.717, 1.165) is 55.8 Å². The van der Waals surface area contributed by atoms with Crippen LogP contribution in [0.5, 0.6) is 0 Å². The minimum Gasteiger partial charge on any atom is -0.477 e. The molecule has 6 heteroatoms. The number of anilines is 2. The Morgan fingerprint density at radius 3 is 2.79 bits per heavy atom. The van der Waals surface area contributed by atoms with Gasteiger partial charge in [0.1, 0.15) is 0 Å². The van der Waals surface area contributed by atoms with Crippen LogP contribution in [0.3, 0.4) is 0 Å². The molecule has 0 aliphatic carbocycles. The highest BCUT2D eigenvalue weighted by molar-refractivity contribution is 5.97. The number of aryl methyl sites for hydroxylation is 1. The molecule has 168 valence electrons. The summed E-state index contributed by atoms with van der Waals surface area (Å²) in [4.78, 5) is 21.1. The molecule has 2 aliphatic heterocycles. The number of aromatic carboxylic acids is 1. The van der Waals surface area contributed by atoms with E-state index in [1.54, 1.807) is 6.07 Å². The first kappa shape index (κ1) is 21.3. The minimum absolute atomic E-state index is 0.0992. The van der Waals surface area contributed by atoms with Gasteiger partial charge in [0.05, 0.1) is 18.3 Å². The van der Waals surface area contributed by atoms with E-state index >= 15 is 0 Å². The van der Waals surface area contributed by atoms with Gasteiger partial charge in [-0.05, 0) is 55.2 Å². The number of aromatic nitrogens is 1. The van der Waals surface area contributed by atoms with Crippen LogP contribution in [0.25, 0.3) is 10.8 Å². The van der Waals surface area contributed by atoms with Crippen molar-refractivity contribution in [2.75, 3.05) is 29.4 Å². The molecule has 3 heterocycles. The monoisotopic (exact) mass is 440 g/mol. The zero-order valence-electron chi connectivity index (χ0n) is 18.9. The van der Waals surface area contributed by atoms with E-state index in [1.807, 2.05) is 0 Å². The van der Waals surface area contributed by atoms with Crippen LogP contribution in [0.4, 0.5) is 11.4 Å². The van der Waals surface area contributed by atoms with Crippen LogP contribution in [-0.2, 0) is 13.0 Å². The van der Waals surface area contributed by atoms with Crippen LogP contribution in [0, 0.1) is 24.2 Å². The van der Waals surface area contributed by atoms with Gasteiger partial charge in [-0.15, -0.1) is 0 Å². The number of piperidine rings is 1. The van der Waals surface area contributed by atoms with Crippen LogP contribution in [-0.4, -0.2) is 35.7 Å². The lowest BCUT2D eigenvalue weighted by atomic mass is 9.93. The van der Waals surface area contributed by atoms with Gasteiger partial charge in [0.15, 0.2) is 5.69 Å². The molecule has 0 saturated carbocycles. The number of carboxylic acid groups (broad SMARTS) is 1. The van der Waals surface area contributed by atoms with Crippen LogP contribution in [0.2, 0.25) is 0 Å². The van der Waals surface area contributed by atoms with Gasteiger partial charge >= 0.3 is 5.97 Å². The first-order valence-electron chi connectivity index (χ1n) is 11.7. The van der Waals surface area contributed by atoms with Crippen molar-refractivity contribution in [1.82, 2.24) is 4.98 Å². The summed E-state index contributed by atoms with van der Waals surface area (Å²) in [5.41, 5.74) is 5.51. The summed E-state index contributed by atoms with van der Waals surface area (Å²) < 4.78 is 0. The van der Waals surface area contributed by atoms with E-state index in [1.165, 1.54) is 22.0 Å². The number of carbonyl (C=O) groups is 1. The number of rotatable bonds is 4. The molecule has 0 unspecified atom stereocenters. The van der Waals surface area contributed by atoms with Crippen LogP contribution < -0.4 is 9.80 Å². The summed E-state index contributed by atoms with van der Waals surface area (Å²) in [5, 5.41) is 21.4. The van der Waals surface area contributed by atoms with E-state index in [4.69, 9.17) is 5.26 Å². The molecular formula is C27H28N4O2. The average Bonchev–Trinajstić information content (AvgIpc) is 2.83. The van der Waals surface area contributed by atoms with Crippen molar-refractivity contribution in [2.45, 2.75) is 39.2 Å². The van der Waals surface area contributed by atoms with Gasteiger partial charge in [0.2, 0.25) is 0 Å². The predicted molar refractivity (Wildman–Crippen MR) is 130 cm³/mol. The Morgan fingerprint density at radius 2 is 2.00 bits per heavy atom. The van der Waals surface area contributed by atoms with Gasteiger partial charge in [-0.2, -0.15) is 5.26 Å². The number of nitriles is 1. The van der Waals surface area contributed by atoms with Crippen LogP contribution in [0.15, 0.2) is 42.5 Å². The van der Waals surface area contributed by atoms with Gasteiger partial charge in [-0.1, -0.05) is 30.3 Å². The Balaban J connectivity index is 1.54. The van der Waals surface area contributed by atoms with Crippen molar-refractivity contribution in [3.63, 3.8) is 0 Å². The van der Waals surface area contributed by atoms with E-state index < -0.39 is 5.97 Å². The van der Waals surface area contributed by atoms with Crippen LogP contribution >= 0.6 is 0 Å². The average molecular weight is 441 g/mol. The Labute approximate surface area is 194 Å². The lowest BCUT2D eigenvalue weighted by Crippen LogP contribution is -2.38. The van der Waals surface area contributed by atoms with Crippen molar-refractivity contribution in [3.8, 4) is 6.07 Å². The summed E-state index contributed by atoms with van der Waals surface area (Å²) in [6.45, 7) is 5.28. The molecule has 2 aliphatic rings. The number of benzene rings is 2. The third-order valence-electron chi connectivity index (χ3n) is 7.05. The molecule has 0 amide bonds. The molecule has 1 fully saturated rings. The standard InChI is InChI=1S/C27H28N4O2/c1-18-5-2-7-20-8-3-9-24(26(18)20)31-14-11-21-23(17-31)29-22(27(32)33)15-25(21)30-13-4-6-19(16-30)10-12-28/h2-3,5,7-9,15,19H,4,6,10-11,13-14,16-17H2,1H3,(H,32,33)/t19-/m0/s1. The number of hydrogen-bond donors (Lipinski definition) is 1. The molecule has 2 aromatic carbocycles. The maximum atomic E-state index is 11.9. The Morgan fingerprint density at radius 1 is 1.18 bits per heavy atom. The second-order valence-corrected chi connectivity index (χ2v) is 9.20. The predicted octanol–water partition coefficient (Wildman–Crippen LogP) is 4.93. The van der Waals surface area contributed by atoms with Crippen LogP contribution in [0.1, 0.15) is 46.6 Å². The molecule has 3 aromatic rings. The summed E-state index contributed by atoms with van der Waals surface area (Å²) in [6.07, 6.45) is 3.44. The number of nitrogens with zero attached hydrogens (tertiary/aromatic N) is 4. The van der Waals surface area contributed by atoms with E-state index in [9.17, 15) is 9.90 Å². The topological polar surface area (TPSA) is 80.5 Å². The van der Waals surface area contributed by atoms with E-state index in [0.29, 0.717) is 18.9 Å². The third kappa shape index (κ3) is 4.00. The number of fused-ring (bicyclic) bond motifs is 2. The van der Waals surface area contributed by atoms with Crippen molar-refractivity contribution >= 4 is 28.1 Å². The molecule has 0 spiro atoms. The van der Waals surface area contributed by atoms with Gasteiger partial charge in [0, 0.05) is 48.4 Å². The fourth-order valence-electron chi connectivity index (χ4n) is 5.47. The number of hydrogen-bond acceptors (Lipinski definition) is 5. The summed E-state index contributed by atoms with van der Waals surface area (Å²) in [6, 6.07) is 16.8. The fraction of sp³-hybridized carbons (Fsp3) is 0.370. The summed E-state index contributed by atoms with van der Waals surface area (Å²) in [7, 11) is 0. The number of carboxylic acids is 1. The molecular weight excluding hydrogens is 412 g/mol. The van der Waals surface area contributed by atoms with Gasteiger partial charge in [0.25, 0.3) is 0 Å². The molecule has 0 radical (unpaired) electrons. The molecule has 0 bridgehead atoms. The lowest BCUT2D eigenvalue weighted by Gasteiger charge is -2.38. The highest BCUT2D eigenvalue weighted by atomic mass is 16.4. The minimum atomic E-state index is -0.997. The van der Waals surface area contributed by atoms with Gasteiger partial charge in [-0.25, -0.2) is 9.78 Å². The smallest absolute Gasteiger partial charge is 0.354 e. The largest absolute Gasteiger partial charge is 0.477 e. The van der Waals surface area contributed by atoms with Gasteiger partial charge < -0.3 is 14.9 Å². The molecule has 6 nitrogen and oxygen atoms in total. The highest BCUT2D eigenvalue weighted by Crippen LogP contribution is 2.36. The molecule has 1 aromatic heterocycles. The summed E-state index contributed by atoms with van der Waals surface area (Å²) >= 11 is 0. The van der Waals surface area contributed by atoms with Crippen molar-refractivity contribution in [2.24, 2.45) is 5.92 Å². The Bertz CT molecular complexity index is 1260. The summed E-state index contributed by atoms with van der Waals surface area (Å²) in [5.74, 6) is -0.664. The highest BCUT2D eigenvalue weighted by Gasteiger charge is 2.28. The fourth-order valence-corrected chi connectivity index (χ4v) is 5.47. The Kier molecular flexibility index (Phi) is 5.63. The zero-order valence-corrected chi connectivity index (χ0v) is 18.9. The van der Waals surface area contributed by atoms with E-state index in [2.05, 4.69) is 64.2 Å². The SMILES string of the molecule is Cc1cccc2cccc(N3CCc4c(N5CCC[C@@H](CC#N)C5)cc(C(=O)O)nc4C3)c12. The quantitative estimate of drug-likeness (QED) is 0.619. The first-order chi connectivity index (χ1) is 16.0. The molecule has 33 heavy (non-hydrogen) atoms. The second kappa shape index (κ2) is 8.74. The maximum absolute atomic E-state index is 11.9. The zero-order chi connectivity index (χ0) is 22.9. The lowest BCUT2D eigenvalue weighted by molar-refractivity contribution is 0.0690. The third-order valence-corrected chi connectivity index (χ3v) is 7.05. The molecule has 1 saturated heterocycles.